The van der Waals surface area contributed by atoms with Gasteiger partial charge in [-0.3, -0.25) is 19.6 Å². The average molecular weight is 320 g/mol. The van der Waals surface area contributed by atoms with E-state index in [4.69, 9.17) is 0 Å². The van der Waals surface area contributed by atoms with Gasteiger partial charge < -0.3 is 4.90 Å². The van der Waals surface area contributed by atoms with Crippen LogP contribution in [0.1, 0.15) is 17.0 Å². The van der Waals surface area contributed by atoms with Crippen molar-refractivity contribution < 1.29 is 14.1 Å². The van der Waals surface area contributed by atoms with Crippen LogP contribution in [-0.2, 0) is 17.9 Å². The Kier molecular flexibility index (Phi) is 4.73. The first-order chi connectivity index (χ1) is 10.8. The summed E-state index contributed by atoms with van der Waals surface area (Å²) >= 11 is 0. The van der Waals surface area contributed by atoms with Gasteiger partial charge in [0.15, 0.2) is 0 Å². The Balaban J connectivity index is 2.12. The van der Waals surface area contributed by atoms with Crippen LogP contribution in [0.2, 0.25) is 0 Å². The number of aromatic nitrogens is 2. The Morgan fingerprint density at radius 3 is 2.61 bits per heavy atom. The standard InChI is InChI=1S/C15H17FN4O3/c1-10-15(20(22)23)11(2)19(17-10)9-14(21)18(3)8-12-6-4-5-7-13(12)16/h4-7H,8-9H2,1-3H3. The maximum atomic E-state index is 13.6. The second kappa shape index (κ2) is 6.55. The maximum absolute atomic E-state index is 13.6. The Hall–Kier alpha value is -2.77. The predicted molar refractivity (Wildman–Crippen MR) is 81.2 cm³/mol. The molecule has 23 heavy (non-hydrogen) atoms. The first kappa shape index (κ1) is 16.6. The molecule has 0 spiro atoms. The largest absolute Gasteiger partial charge is 0.340 e. The quantitative estimate of drug-likeness (QED) is 0.625. The van der Waals surface area contributed by atoms with E-state index in [1.165, 1.54) is 22.6 Å². The average Bonchev–Trinajstić information content (AvgIpc) is 2.75. The van der Waals surface area contributed by atoms with Gasteiger partial charge in [-0.2, -0.15) is 5.10 Å². The van der Waals surface area contributed by atoms with Gasteiger partial charge in [0.2, 0.25) is 5.91 Å². The zero-order valence-corrected chi connectivity index (χ0v) is 13.1. The number of carbonyl (C=O) groups is 1. The zero-order chi connectivity index (χ0) is 17.1. The number of hydrogen-bond donors (Lipinski definition) is 0. The van der Waals surface area contributed by atoms with E-state index in [1.54, 1.807) is 32.2 Å². The van der Waals surface area contributed by atoms with Crippen molar-refractivity contribution in [3.8, 4) is 0 Å². The molecule has 0 N–H and O–H groups in total. The highest BCUT2D eigenvalue weighted by molar-refractivity contribution is 5.75. The third kappa shape index (κ3) is 3.53. The van der Waals surface area contributed by atoms with Crippen molar-refractivity contribution in [2.24, 2.45) is 0 Å². The van der Waals surface area contributed by atoms with E-state index >= 15 is 0 Å². The van der Waals surface area contributed by atoms with E-state index < -0.39 is 4.92 Å². The molecule has 7 nitrogen and oxygen atoms in total. The van der Waals surface area contributed by atoms with Crippen LogP contribution in [0.15, 0.2) is 24.3 Å². The minimum atomic E-state index is -0.512. The lowest BCUT2D eigenvalue weighted by atomic mass is 10.2. The van der Waals surface area contributed by atoms with Crippen molar-refractivity contribution in [3.63, 3.8) is 0 Å². The lowest BCUT2D eigenvalue weighted by Crippen LogP contribution is -2.30. The highest BCUT2D eigenvalue weighted by Crippen LogP contribution is 2.21. The molecule has 1 amide bonds. The van der Waals surface area contributed by atoms with Crippen molar-refractivity contribution in [1.82, 2.24) is 14.7 Å². The van der Waals surface area contributed by atoms with Gasteiger partial charge in [-0.1, -0.05) is 18.2 Å². The summed E-state index contributed by atoms with van der Waals surface area (Å²) in [5, 5.41) is 15.0. The third-order valence-electron chi connectivity index (χ3n) is 3.60. The number of hydrogen-bond acceptors (Lipinski definition) is 4. The van der Waals surface area contributed by atoms with Crippen LogP contribution in [0, 0.1) is 29.8 Å². The minimum Gasteiger partial charge on any atom is -0.340 e. The Morgan fingerprint density at radius 1 is 1.39 bits per heavy atom. The van der Waals surface area contributed by atoms with Crippen LogP contribution >= 0.6 is 0 Å². The van der Waals surface area contributed by atoms with Crippen molar-refractivity contribution >= 4 is 11.6 Å². The molecule has 0 aliphatic carbocycles. The van der Waals surface area contributed by atoms with Crippen molar-refractivity contribution in [2.75, 3.05) is 7.05 Å². The SMILES string of the molecule is Cc1nn(CC(=O)N(C)Cc2ccccc2F)c(C)c1[N+](=O)[O-]. The number of benzene rings is 1. The molecule has 8 heteroatoms. The number of aryl methyl sites for hydroxylation is 1. The van der Waals surface area contributed by atoms with E-state index in [0.717, 1.165) is 0 Å². The van der Waals surface area contributed by atoms with Gasteiger partial charge in [0.05, 0.1) is 4.92 Å². The van der Waals surface area contributed by atoms with E-state index in [1.807, 2.05) is 0 Å². The van der Waals surface area contributed by atoms with Crippen LogP contribution in [-0.4, -0.2) is 32.6 Å². The number of nitro groups is 1. The normalized spacial score (nSPS) is 10.6. The molecule has 2 aromatic rings. The fourth-order valence-electron chi connectivity index (χ4n) is 2.32. The van der Waals surface area contributed by atoms with Gasteiger partial charge in [0.25, 0.3) is 0 Å². The molecule has 0 aliphatic rings. The summed E-state index contributed by atoms with van der Waals surface area (Å²) in [5.74, 6) is -0.692. The summed E-state index contributed by atoms with van der Waals surface area (Å²) in [5.41, 5.74) is 0.898. The highest BCUT2D eigenvalue weighted by Gasteiger charge is 2.23. The van der Waals surface area contributed by atoms with Crippen molar-refractivity contribution in [1.29, 1.82) is 0 Å². The summed E-state index contributed by atoms with van der Waals surface area (Å²) in [6.45, 7) is 3.05. The lowest BCUT2D eigenvalue weighted by molar-refractivity contribution is -0.386. The molecule has 0 unspecified atom stereocenters. The van der Waals surface area contributed by atoms with Gasteiger partial charge in [0, 0.05) is 19.2 Å². The second-order valence-electron chi connectivity index (χ2n) is 5.28. The van der Waals surface area contributed by atoms with Crippen molar-refractivity contribution in [2.45, 2.75) is 26.9 Å². The smallest absolute Gasteiger partial charge is 0.312 e. The fourth-order valence-corrected chi connectivity index (χ4v) is 2.32. The molecular formula is C15H17FN4O3. The van der Waals surface area contributed by atoms with Gasteiger partial charge in [-0.15, -0.1) is 0 Å². The van der Waals surface area contributed by atoms with Gasteiger partial charge >= 0.3 is 5.69 Å². The van der Waals surface area contributed by atoms with Crippen LogP contribution in [0.3, 0.4) is 0 Å². The molecule has 0 atom stereocenters. The molecule has 1 heterocycles. The Labute approximate surface area is 132 Å². The summed E-state index contributed by atoms with van der Waals surface area (Å²) in [7, 11) is 1.55. The molecule has 0 bridgehead atoms. The van der Waals surface area contributed by atoms with Crippen LogP contribution in [0.25, 0.3) is 0 Å². The summed E-state index contributed by atoms with van der Waals surface area (Å²) in [6, 6.07) is 6.21. The molecule has 1 aromatic carbocycles. The number of halogens is 1. The van der Waals surface area contributed by atoms with Crippen LogP contribution < -0.4 is 0 Å². The second-order valence-corrected chi connectivity index (χ2v) is 5.28. The number of amides is 1. The topological polar surface area (TPSA) is 81.3 Å². The minimum absolute atomic E-state index is 0.0884. The molecular weight excluding hydrogens is 303 g/mol. The summed E-state index contributed by atoms with van der Waals surface area (Å²) < 4.78 is 14.9. The van der Waals surface area contributed by atoms with E-state index in [9.17, 15) is 19.3 Å². The van der Waals surface area contributed by atoms with E-state index in [0.29, 0.717) is 11.3 Å². The molecule has 0 radical (unpaired) electrons. The molecule has 0 saturated carbocycles. The number of likely N-dealkylation sites (N-methyl/N-ethyl adjacent to an activating group) is 1. The van der Waals surface area contributed by atoms with Gasteiger partial charge in [-0.05, 0) is 19.9 Å². The summed E-state index contributed by atoms with van der Waals surface area (Å²) in [6.07, 6.45) is 0. The van der Waals surface area contributed by atoms with Gasteiger partial charge in [-0.25, -0.2) is 4.39 Å². The number of rotatable bonds is 5. The third-order valence-corrected chi connectivity index (χ3v) is 3.60. The number of carbonyl (C=O) groups excluding carboxylic acids is 1. The Morgan fingerprint density at radius 2 is 2.04 bits per heavy atom. The first-order valence-electron chi connectivity index (χ1n) is 6.97. The molecule has 0 fully saturated rings. The van der Waals surface area contributed by atoms with E-state index in [2.05, 4.69) is 5.10 Å². The van der Waals surface area contributed by atoms with Crippen molar-refractivity contribution in [3.05, 3.63) is 57.1 Å². The first-order valence-corrected chi connectivity index (χ1v) is 6.97. The predicted octanol–water partition coefficient (Wildman–Crippen LogP) is 2.21. The fraction of sp³-hybridized carbons (Fsp3) is 0.333. The highest BCUT2D eigenvalue weighted by atomic mass is 19.1. The molecule has 122 valence electrons. The summed E-state index contributed by atoms with van der Waals surface area (Å²) in [4.78, 5) is 24.1. The van der Waals surface area contributed by atoms with E-state index in [-0.39, 0.29) is 36.2 Å². The Bertz CT molecular complexity index is 757. The van der Waals surface area contributed by atoms with Crippen LogP contribution in [0.5, 0.6) is 0 Å². The monoisotopic (exact) mass is 320 g/mol. The molecule has 1 aromatic heterocycles. The molecule has 2 rings (SSSR count). The zero-order valence-electron chi connectivity index (χ0n) is 13.1. The molecule has 0 aliphatic heterocycles. The lowest BCUT2D eigenvalue weighted by Gasteiger charge is -2.18. The molecule has 0 saturated heterocycles. The maximum Gasteiger partial charge on any atom is 0.312 e. The van der Waals surface area contributed by atoms with Gasteiger partial charge in [0.1, 0.15) is 23.7 Å². The van der Waals surface area contributed by atoms with Crippen LogP contribution in [0.4, 0.5) is 10.1 Å². The number of nitrogens with zero attached hydrogens (tertiary/aromatic N) is 4.